The Morgan fingerprint density at radius 3 is 2.68 bits per heavy atom. The average molecular weight is 350 g/mol. The molecule has 0 spiro atoms. The molecule has 1 saturated heterocycles. The molecule has 22 heavy (non-hydrogen) atoms. The van der Waals surface area contributed by atoms with Crippen molar-refractivity contribution < 1.29 is 17.6 Å². The number of rotatable bonds is 4. The van der Waals surface area contributed by atoms with E-state index >= 15 is 0 Å². The van der Waals surface area contributed by atoms with Gasteiger partial charge in [-0.25, -0.2) is 12.8 Å². The second-order valence-electron chi connectivity index (χ2n) is 4.97. The smallest absolute Gasteiger partial charge is 0.244 e. The van der Waals surface area contributed by atoms with Gasteiger partial charge < -0.3 is 10.2 Å². The van der Waals surface area contributed by atoms with Crippen LogP contribution < -0.4 is 5.32 Å². The van der Waals surface area contributed by atoms with Gasteiger partial charge in [-0.1, -0.05) is 11.6 Å². The number of carbonyl (C=O) groups is 1. The van der Waals surface area contributed by atoms with Gasteiger partial charge in [-0.05, 0) is 18.2 Å². The number of likely N-dealkylation sites (N-methyl/N-ethyl adjacent to an activating group) is 1. The third-order valence-electron chi connectivity index (χ3n) is 3.41. The van der Waals surface area contributed by atoms with Crippen LogP contribution in [0.4, 0.5) is 4.39 Å². The van der Waals surface area contributed by atoms with Crippen molar-refractivity contribution in [3.05, 3.63) is 29.0 Å². The van der Waals surface area contributed by atoms with E-state index in [2.05, 4.69) is 5.32 Å². The first kappa shape index (κ1) is 17.1. The summed E-state index contributed by atoms with van der Waals surface area (Å²) in [5.74, 6) is -0.995. The number of nitrogens with zero attached hydrogens (tertiary/aromatic N) is 2. The van der Waals surface area contributed by atoms with Crippen LogP contribution in [-0.2, 0) is 14.8 Å². The minimum absolute atomic E-state index is 0.0807. The fourth-order valence-electron chi connectivity index (χ4n) is 2.13. The maximum atomic E-state index is 13.3. The monoisotopic (exact) mass is 349 g/mol. The first-order valence-corrected chi connectivity index (χ1v) is 8.54. The predicted octanol–water partition coefficient (Wildman–Crippen LogP) is 0.531. The van der Waals surface area contributed by atoms with E-state index < -0.39 is 15.8 Å². The number of hydrogen-bond acceptors (Lipinski definition) is 4. The van der Waals surface area contributed by atoms with Gasteiger partial charge in [-0.2, -0.15) is 4.31 Å². The van der Waals surface area contributed by atoms with Crippen molar-refractivity contribution >= 4 is 27.5 Å². The molecule has 1 fully saturated rings. The van der Waals surface area contributed by atoms with Crippen molar-refractivity contribution in [3.63, 3.8) is 0 Å². The SMILES string of the molecule is CN(CC(=O)N1CCNCC1)S(=O)(=O)c1cc(F)ccc1Cl. The lowest BCUT2D eigenvalue weighted by Crippen LogP contribution is -2.49. The highest BCUT2D eigenvalue weighted by Crippen LogP contribution is 2.24. The van der Waals surface area contributed by atoms with Gasteiger partial charge in [-0.3, -0.25) is 4.79 Å². The van der Waals surface area contributed by atoms with E-state index in [-0.39, 0.29) is 22.4 Å². The van der Waals surface area contributed by atoms with Gasteiger partial charge in [0.15, 0.2) is 0 Å². The molecule has 6 nitrogen and oxygen atoms in total. The quantitative estimate of drug-likeness (QED) is 0.861. The normalized spacial score (nSPS) is 16.1. The summed E-state index contributed by atoms with van der Waals surface area (Å²) >= 11 is 5.83. The van der Waals surface area contributed by atoms with E-state index in [1.54, 1.807) is 4.90 Å². The van der Waals surface area contributed by atoms with Crippen molar-refractivity contribution in [3.8, 4) is 0 Å². The number of piperazine rings is 1. The lowest BCUT2D eigenvalue weighted by Gasteiger charge is -2.29. The van der Waals surface area contributed by atoms with Gasteiger partial charge in [0, 0.05) is 33.2 Å². The molecule has 1 heterocycles. The number of nitrogens with one attached hydrogen (secondary N) is 1. The number of halogens is 2. The zero-order valence-corrected chi connectivity index (χ0v) is 13.6. The summed E-state index contributed by atoms with van der Waals surface area (Å²) in [6.45, 7) is 2.12. The lowest BCUT2D eigenvalue weighted by atomic mass is 10.3. The van der Waals surface area contributed by atoms with Gasteiger partial charge in [0.05, 0.1) is 11.6 Å². The largest absolute Gasteiger partial charge is 0.339 e. The molecule has 0 saturated carbocycles. The van der Waals surface area contributed by atoms with Crippen LogP contribution in [0, 0.1) is 5.82 Å². The molecule has 0 atom stereocenters. The zero-order valence-electron chi connectivity index (χ0n) is 12.1. The summed E-state index contributed by atoms with van der Waals surface area (Å²) in [4.78, 5) is 13.4. The van der Waals surface area contributed by atoms with Gasteiger partial charge >= 0.3 is 0 Å². The van der Waals surface area contributed by atoms with E-state index in [0.29, 0.717) is 26.2 Å². The van der Waals surface area contributed by atoms with E-state index in [1.165, 1.54) is 13.1 Å². The molecule has 1 aliphatic rings. The molecule has 0 unspecified atom stereocenters. The fourth-order valence-corrected chi connectivity index (χ4v) is 3.73. The molecule has 0 radical (unpaired) electrons. The van der Waals surface area contributed by atoms with E-state index in [9.17, 15) is 17.6 Å². The van der Waals surface area contributed by atoms with Crippen molar-refractivity contribution in [2.75, 3.05) is 39.8 Å². The zero-order chi connectivity index (χ0) is 16.3. The van der Waals surface area contributed by atoms with Gasteiger partial charge in [0.25, 0.3) is 0 Å². The highest BCUT2D eigenvalue weighted by molar-refractivity contribution is 7.89. The Kier molecular flexibility index (Phi) is 5.38. The Morgan fingerprint density at radius 2 is 2.05 bits per heavy atom. The third-order valence-corrected chi connectivity index (χ3v) is 5.69. The van der Waals surface area contributed by atoms with Crippen molar-refractivity contribution in [2.24, 2.45) is 0 Å². The molecule has 2 rings (SSSR count). The van der Waals surface area contributed by atoms with Crippen molar-refractivity contribution in [2.45, 2.75) is 4.90 Å². The minimum atomic E-state index is -4.03. The number of hydrogen-bond donors (Lipinski definition) is 1. The summed E-state index contributed by atoms with van der Waals surface area (Å²) in [6, 6.07) is 3.10. The number of benzene rings is 1. The summed E-state index contributed by atoms with van der Waals surface area (Å²) in [7, 11) is -2.75. The molecular weight excluding hydrogens is 333 g/mol. The standard InChI is InChI=1S/C13H17ClFN3O3S/c1-17(9-13(19)18-6-4-16-5-7-18)22(20,21)12-8-10(15)2-3-11(12)14/h2-3,8,16H,4-7,9H2,1H3. The third kappa shape index (κ3) is 3.75. The number of sulfonamides is 1. The topological polar surface area (TPSA) is 69.7 Å². The maximum absolute atomic E-state index is 13.3. The van der Waals surface area contributed by atoms with E-state index in [1.807, 2.05) is 0 Å². The number of amides is 1. The Balaban J connectivity index is 2.15. The highest BCUT2D eigenvalue weighted by atomic mass is 35.5. The molecule has 9 heteroatoms. The Hall–Kier alpha value is -1.22. The van der Waals surface area contributed by atoms with Crippen LogP contribution in [0.15, 0.2) is 23.1 Å². The Labute approximate surface area is 133 Å². The van der Waals surface area contributed by atoms with E-state index in [4.69, 9.17) is 11.6 Å². The molecule has 1 amide bonds. The minimum Gasteiger partial charge on any atom is -0.339 e. The molecular formula is C13H17ClFN3O3S. The first-order valence-electron chi connectivity index (χ1n) is 6.72. The molecule has 122 valence electrons. The highest BCUT2D eigenvalue weighted by Gasteiger charge is 2.28. The summed E-state index contributed by atoms with van der Waals surface area (Å²) in [5.41, 5.74) is 0. The van der Waals surface area contributed by atoms with E-state index in [0.717, 1.165) is 16.4 Å². The van der Waals surface area contributed by atoms with Crippen LogP contribution in [0.25, 0.3) is 0 Å². The van der Waals surface area contributed by atoms with Crippen LogP contribution in [0.2, 0.25) is 5.02 Å². The van der Waals surface area contributed by atoms with Crippen LogP contribution in [0.1, 0.15) is 0 Å². The van der Waals surface area contributed by atoms with Crippen molar-refractivity contribution in [1.29, 1.82) is 0 Å². The first-order chi connectivity index (χ1) is 10.3. The second-order valence-corrected chi connectivity index (χ2v) is 7.39. The predicted molar refractivity (Wildman–Crippen MR) is 80.7 cm³/mol. The van der Waals surface area contributed by atoms with Gasteiger partial charge in [-0.15, -0.1) is 0 Å². The number of carbonyl (C=O) groups excluding carboxylic acids is 1. The van der Waals surface area contributed by atoms with Crippen molar-refractivity contribution in [1.82, 2.24) is 14.5 Å². The second kappa shape index (κ2) is 6.91. The van der Waals surface area contributed by atoms with Gasteiger partial charge in [0.2, 0.25) is 15.9 Å². The fraction of sp³-hybridized carbons (Fsp3) is 0.462. The lowest BCUT2D eigenvalue weighted by molar-refractivity contribution is -0.131. The molecule has 1 N–H and O–H groups in total. The average Bonchev–Trinajstić information content (AvgIpc) is 2.50. The molecule has 0 bridgehead atoms. The maximum Gasteiger partial charge on any atom is 0.244 e. The molecule has 0 aliphatic carbocycles. The van der Waals surface area contributed by atoms with Crippen LogP contribution in [0.5, 0.6) is 0 Å². The molecule has 0 aromatic heterocycles. The van der Waals surface area contributed by atoms with Crippen LogP contribution >= 0.6 is 11.6 Å². The Bertz CT molecular complexity index is 662. The molecule has 1 aliphatic heterocycles. The summed E-state index contributed by atoms with van der Waals surface area (Å²) in [6.07, 6.45) is 0. The van der Waals surface area contributed by atoms with Crippen LogP contribution in [0.3, 0.4) is 0 Å². The molecule has 1 aromatic carbocycles. The Morgan fingerprint density at radius 1 is 1.41 bits per heavy atom. The molecule has 1 aromatic rings. The van der Waals surface area contributed by atoms with Crippen LogP contribution in [-0.4, -0.2) is 63.3 Å². The summed E-state index contributed by atoms with van der Waals surface area (Å²) in [5, 5.41) is 3.03. The van der Waals surface area contributed by atoms with Gasteiger partial charge in [0.1, 0.15) is 10.7 Å². The summed E-state index contributed by atoms with van der Waals surface area (Å²) < 4.78 is 39.0.